The van der Waals surface area contributed by atoms with E-state index in [4.69, 9.17) is 0 Å². The van der Waals surface area contributed by atoms with Crippen LogP contribution in [-0.2, 0) is 4.79 Å². The van der Waals surface area contributed by atoms with E-state index in [9.17, 15) is 18.0 Å². The number of carbonyl (C=O) groups excluding carboxylic acids is 1. The van der Waals surface area contributed by atoms with Crippen LogP contribution in [0.1, 0.15) is 45.4 Å². The number of rotatable bonds is 4. The second-order valence-electron chi connectivity index (χ2n) is 5.28. The predicted molar refractivity (Wildman–Crippen MR) is 67.6 cm³/mol. The minimum atomic E-state index is -4.27. The Morgan fingerprint density at radius 3 is 2.67 bits per heavy atom. The summed E-state index contributed by atoms with van der Waals surface area (Å²) < 4.78 is 36.1. The third kappa shape index (κ3) is 5.16. The topological polar surface area (TPSA) is 29.1 Å². The van der Waals surface area contributed by atoms with Gasteiger partial charge in [0, 0.05) is 17.3 Å². The minimum Gasteiger partial charge on any atom is -0.350 e. The zero-order chi connectivity index (χ0) is 13.8. The van der Waals surface area contributed by atoms with Crippen molar-refractivity contribution < 1.29 is 18.0 Å². The fraction of sp³-hybridized carbons (Fsp3) is 0.917. The molecule has 1 amide bonds. The highest BCUT2D eigenvalue weighted by atomic mass is 79.9. The molecular formula is C12H19BrF3NO. The van der Waals surface area contributed by atoms with Crippen molar-refractivity contribution in [2.45, 2.75) is 57.2 Å². The molecule has 0 aliphatic heterocycles. The fourth-order valence-electron chi connectivity index (χ4n) is 2.54. The van der Waals surface area contributed by atoms with Crippen molar-refractivity contribution in [1.82, 2.24) is 5.32 Å². The molecule has 106 valence electrons. The van der Waals surface area contributed by atoms with E-state index in [1.54, 1.807) is 0 Å². The summed E-state index contributed by atoms with van der Waals surface area (Å²) in [5.74, 6) is 0.0000844. The van der Waals surface area contributed by atoms with Gasteiger partial charge in [-0.1, -0.05) is 35.7 Å². The molecule has 0 saturated heterocycles. The Hall–Kier alpha value is -0.260. The smallest absolute Gasteiger partial charge is 0.350 e. The highest BCUT2D eigenvalue weighted by molar-refractivity contribution is 9.09. The lowest BCUT2D eigenvalue weighted by Crippen LogP contribution is -2.52. The maximum Gasteiger partial charge on any atom is 0.389 e. The zero-order valence-electron chi connectivity index (χ0n) is 10.4. The molecule has 0 aromatic rings. The molecule has 2 unspecified atom stereocenters. The Morgan fingerprint density at radius 2 is 2.17 bits per heavy atom. The molecule has 1 rings (SSSR count). The lowest BCUT2D eigenvalue weighted by molar-refractivity contribution is -0.145. The monoisotopic (exact) mass is 329 g/mol. The summed E-state index contributed by atoms with van der Waals surface area (Å²) in [5, 5.41) is 3.40. The van der Waals surface area contributed by atoms with Crippen molar-refractivity contribution in [1.29, 1.82) is 0 Å². The Bertz CT molecular complexity index is 296. The molecule has 6 heteroatoms. The molecule has 1 aliphatic rings. The summed E-state index contributed by atoms with van der Waals surface area (Å²) in [5.41, 5.74) is -0.361. The second kappa shape index (κ2) is 6.26. The van der Waals surface area contributed by atoms with Gasteiger partial charge >= 0.3 is 6.18 Å². The van der Waals surface area contributed by atoms with Crippen LogP contribution in [0.15, 0.2) is 0 Å². The number of alkyl halides is 4. The molecule has 0 heterocycles. The maximum atomic E-state index is 12.0. The first kappa shape index (κ1) is 15.8. The largest absolute Gasteiger partial charge is 0.389 e. The Balaban J connectivity index is 2.49. The van der Waals surface area contributed by atoms with Crippen LogP contribution in [0.25, 0.3) is 0 Å². The highest BCUT2D eigenvalue weighted by Gasteiger charge is 2.36. The van der Waals surface area contributed by atoms with Crippen LogP contribution in [0.4, 0.5) is 13.2 Å². The summed E-state index contributed by atoms with van der Waals surface area (Å²) in [6, 6.07) is 0. The van der Waals surface area contributed by atoms with E-state index in [0.717, 1.165) is 25.7 Å². The first-order valence-corrected chi connectivity index (χ1v) is 7.32. The average Bonchev–Trinajstić information content (AvgIpc) is 2.25. The Morgan fingerprint density at radius 1 is 1.50 bits per heavy atom. The summed E-state index contributed by atoms with van der Waals surface area (Å²) >= 11 is 3.38. The van der Waals surface area contributed by atoms with Crippen molar-refractivity contribution in [3.63, 3.8) is 0 Å². The third-order valence-corrected chi connectivity index (χ3v) is 4.46. The average molecular weight is 330 g/mol. The van der Waals surface area contributed by atoms with Gasteiger partial charge in [0.2, 0.25) is 5.91 Å². The lowest BCUT2D eigenvalue weighted by Gasteiger charge is -2.39. The first-order valence-electron chi connectivity index (χ1n) is 6.20. The molecule has 1 fully saturated rings. The molecule has 0 aromatic carbocycles. The van der Waals surface area contributed by atoms with Gasteiger partial charge in [-0.3, -0.25) is 4.79 Å². The van der Waals surface area contributed by atoms with Crippen LogP contribution in [-0.4, -0.2) is 23.0 Å². The third-order valence-electron chi connectivity index (χ3n) is 3.39. The Kier molecular flexibility index (Phi) is 5.49. The van der Waals surface area contributed by atoms with E-state index in [2.05, 4.69) is 28.2 Å². The summed E-state index contributed by atoms with van der Waals surface area (Å²) in [4.78, 5) is 11.6. The first-order chi connectivity index (χ1) is 8.26. The maximum absolute atomic E-state index is 12.0. The van der Waals surface area contributed by atoms with Crippen LogP contribution in [0.5, 0.6) is 0 Å². The number of hydrogen-bond acceptors (Lipinski definition) is 1. The van der Waals surface area contributed by atoms with Crippen molar-refractivity contribution in [2.24, 2.45) is 5.92 Å². The summed E-state index contributed by atoms with van der Waals surface area (Å²) in [7, 11) is 0. The van der Waals surface area contributed by atoms with Crippen LogP contribution < -0.4 is 5.32 Å². The van der Waals surface area contributed by atoms with Gasteiger partial charge in [-0.25, -0.2) is 0 Å². The zero-order valence-corrected chi connectivity index (χ0v) is 12.0. The SMILES string of the molecule is CC1CCCC(CBr)(NC(=O)CCC(F)(F)F)C1. The lowest BCUT2D eigenvalue weighted by atomic mass is 9.77. The van der Waals surface area contributed by atoms with Crippen molar-refractivity contribution in [2.75, 3.05) is 5.33 Å². The van der Waals surface area contributed by atoms with E-state index in [0.29, 0.717) is 11.2 Å². The van der Waals surface area contributed by atoms with Crippen molar-refractivity contribution >= 4 is 21.8 Å². The number of amides is 1. The standard InChI is InChI=1S/C12H19BrF3NO/c1-9-3-2-5-11(7-9,8-13)17-10(18)4-6-12(14,15)16/h9H,2-8H2,1H3,(H,17,18). The van der Waals surface area contributed by atoms with Gasteiger partial charge in [-0.2, -0.15) is 13.2 Å². The van der Waals surface area contributed by atoms with Gasteiger partial charge in [-0.15, -0.1) is 0 Å². The molecule has 2 nitrogen and oxygen atoms in total. The van der Waals surface area contributed by atoms with Gasteiger partial charge in [0.15, 0.2) is 0 Å². The molecule has 0 bridgehead atoms. The van der Waals surface area contributed by atoms with Gasteiger partial charge < -0.3 is 5.32 Å². The predicted octanol–water partition coefficient (Wildman–Crippen LogP) is 3.79. The van der Waals surface area contributed by atoms with Crippen LogP contribution >= 0.6 is 15.9 Å². The molecule has 1 saturated carbocycles. The Labute approximate surface area is 114 Å². The normalized spacial score (nSPS) is 29.1. The van der Waals surface area contributed by atoms with Crippen LogP contribution in [0, 0.1) is 5.92 Å². The summed E-state index contributed by atoms with van der Waals surface area (Å²) in [6.45, 7) is 2.11. The van der Waals surface area contributed by atoms with E-state index in [-0.39, 0.29) is 5.54 Å². The molecular weight excluding hydrogens is 311 g/mol. The van der Waals surface area contributed by atoms with E-state index < -0.39 is 24.9 Å². The molecule has 0 spiro atoms. The minimum absolute atomic E-state index is 0.361. The van der Waals surface area contributed by atoms with E-state index in [1.807, 2.05) is 0 Å². The highest BCUT2D eigenvalue weighted by Crippen LogP contribution is 2.34. The molecule has 2 atom stereocenters. The summed E-state index contributed by atoms with van der Waals surface area (Å²) in [6.07, 6.45) is -2.01. The second-order valence-corrected chi connectivity index (χ2v) is 5.84. The van der Waals surface area contributed by atoms with Gasteiger partial charge in [0.05, 0.1) is 6.42 Å². The van der Waals surface area contributed by atoms with Gasteiger partial charge in [0.25, 0.3) is 0 Å². The molecule has 1 aliphatic carbocycles. The molecule has 18 heavy (non-hydrogen) atoms. The molecule has 0 radical (unpaired) electrons. The van der Waals surface area contributed by atoms with Crippen LogP contribution in [0.2, 0.25) is 0 Å². The van der Waals surface area contributed by atoms with Crippen LogP contribution in [0.3, 0.4) is 0 Å². The molecule has 1 N–H and O–H groups in total. The number of carbonyl (C=O) groups is 1. The van der Waals surface area contributed by atoms with E-state index in [1.165, 1.54) is 0 Å². The van der Waals surface area contributed by atoms with E-state index >= 15 is 0 Å². The van der Waals surface area contributed by atoms with Gasteiger partial charge in [0.1, 0.15) is 0 Å². The van der Waals surface area contributed by atoms with Crippen molar-refractivity contribution in [3.05, 3.63) is 0 Å². The van der Waals surface area contributed by atoms with Gasteiger partial charge in [-0.05, 0) is 18.8 Å². The number of halogens is 4. The van der Waals surface area contributed by atoms with Crippen molar-refractivity contribution in [3.8, 4) is 0 Å². The number of hydrogen-bond donors (Lipinski definition) is 1. The quantitative estimate of drug-likeness (QED) is 0.781. The fourth-order valence-corrected chi connectivity index (χ4v) is 3.19. The number of nitrogens with one attached hydrogen (secondary N) is 1. The molecule has 0 aromatic heterocycles.